The van der Waals surface area contributed by atoms with Crippen molar-refractivity contribution in [2.45, 2.75) is 44.2 Å². The monoisotopic (exact) mass is 317 g/mol. The van der Waals surface area contributed by atoms with Gasteiger partial charge in [0.25, 0.3) is 0 Å². The van der Waals surface area contributed by atoms with Crippen molar-refractivity contribution in [3.8, 4) is 0 Å². The quantitative estimate of drug-likeness (QED) is 0.896. The van der Waals surface area contributed by atoms with Gasteiger partial charge in [0.2, 0.25) is 0 Å². The molecular weight excluding hydrogens is 298 g/mol. The molecule has 1 saturated heterocycles. The lowest BCUT2D eigenvalue weighted by atomic mass is 9.99. The maximum Gasteiger partial charge on any atom is 0.0701 e. The summed E-state index contributed by atoms with van der Waals surface area (Å²) in [4.78, 5) is 1.44. The SMILES string of the molecule is CNC(Cc1ccc(Br)s1)CC1CCCCO1. The van der Waals surface area contributed by atoms with Gasteiger partial charge >= 0.3 is 0 Å². The molecule has 0 radical (unpaired) electrons. The number of halogens is 1. The minimum Gasteiger partial charge on any atom is -0.378 e. The van der Waals surface area contributed by atoms with Gasteiger partial charge in [-0.15, -0.1) is 11.3 Å². The topological polar surface area (TPSA) is 21.3 Å². The van der Waals surface area contributed by atoms with Crippen LogP contribution in [0.2, 0.25) is 0 Å². The Hall–Kier alpha value is 0.1000. The maximum absolute atomic E-state index is 5.81. The van der Waals surface area contributed by atoms with Gasteiger partial charge in [0.1, 0.15) is 0 Å². The van der Waals surface area contributed by atoms with Crippen molar-refractivity contribution >= 4 is 27.3 Å². The van der Waals surface area contributed by atoms with Crippen molar-refractivity contribution < 1.29 is 4.74 Å². The second-order valence-electron chi connectivity index (χ2n) is 4.62. The summed E-state index contributed by atoms with van der Waals surface area (Å²) < 4.78 is 7.03. The van der Waals surface area contributed by atoms with E-state index in [0.717, 1.165) is 19.4 Å². The summed E-state index contributed by atoms with van der Waals surface area (Å²) in [6, 6.07) is 4.87. The molecule has 96 valence electrons. The molecular formula is C13H20BrNOS. The number of hydrogen-bond acceptors (Lipinski definition) is 3. The van der Waals surface area contributed by atoms with E-state index in [1.54, 1.807) is 0 Å². The Balaban J connectivity index is 1.83. The van der Waals surface area contributed by atoms with Crippen molar-refractivity contribution in [2.75, 3.05) is 13.7 Å². The van der Waals surface area contributed by atoms with Crippen LogP contribution in [0.1, 0.15) is 30.6 Å². The normalized spacial score (nSPS) is 22.6. The van der Waals surface area contributed by atoms with Gasteiger partial charge < -0.3 is 10.1 Å². The molecule has 0 amide bonds. The van der Waals surface area contributed by atoms with Crippen molar-refractivity contribution in [1.82, 2.24) is 5.32 Å². The van der Waals surface area contributed by atoms with Crippen LogP contribution in [-0.4, -0.2) is 25.8 Å². The zero-order valence-corrected chi connectivity index (χ0v) is 12.6. The lowest BCUT2D eigenvalue weighted by Crippen LogP contribution is -2.34. The molecule has 1 aromatic heterocycles. The van der Waals surface area contributed by atoms with Crippen molar-refractivity contribution in [1.29, 1.82) is 0 Å². The Morgan fingerprint density at radius 2 is 2.41 bits per heavy atom. The summed E-state index contributed by atoms with van der Waals surface area (Å²) in [5.74, 6) is 0. The molecule has 0 bridgehead atoms. The molecule has 2 unspecified atom stereocenters. The van der Waals surface area contributed by atoms with Gasteiger partial charge in [-0.05, 0) is 67.2 Å². The molecule has 0 spiro atoms. The molecule has 0 aromatic carbocycles. The van der Waals surface area contributed by atoms with E-state index < -0.39 is 0 Å². The lowest BCUT2D eigenvalue weighted by Gasteiger charge is -2.26. The first-order valence-corrected chi connectivity index (χ1v) is 7.92. The van der Waals surface area contributed by atoms with Gasteiger partial charge in [-0.1, -0.05) is 0 Å². The molecule has 1 aliphatic rings. The molecule has 2 atom stereocenters. The van der Waals surface area contributed by atoms with E-state index in [-0.39, 0.29) is 0 Å². The Bertz CT molecular complexity index is 336. The number of likely N-dealkylation sites (N-methyl/N-ethyl adjacent to an activating group) is 1. The smallest absolute Gasteiger partial charge is 0.0701 e. The predicted molar refractivity (Wildman–Crippen MR) is 76.8 cm³/mol. The summed E-state index contributed by atoms with van der Waals surface area (Å²) >= 11 is 5.35. The van der Waals surface area contributed by atoms with Gasteiger partial charge in [-0.3, -0.25) is 0 Å². The molecule has 1 aromatic rings. The number of thiophene rings is 1. The molecule has 17 heavy (non-hydrogen) atoms. The number of ether oxygens (including phenoxy) is 1. The van der Waals surface area contributed by atoms with E-state index in [0.29, 0.717) is 12.1 Å². The average molecular weight is 318 g/mol. The second-order valence-corrected chi connectivity index (χ2v) is 7.17. The Kier molecular flexibility index (Phi) is 5.48. The van der Waals surface area contributed by atoms with Gasteiger partial charge in [0.05, 0.1) is 9.89 Å². The minimum atomic E-state index is 0.463. The minimum absolute atomic E-state index is 0.463. The summed E-state index contributed by atoms with van der Waals surface area (Å²) in [7, 11) is 2.05. The first-order chi connectivity index (χ1) is 8.28. The zero-order valence-electron chi connectivity index (χ0n) is 10.2. The first-order valence-electron chi connectivity index (χ1n) is 6.31. The van der Waals surface area contributed by atoms with Crippen LogP contribution in [0.15, 0.2) is 15.9 Å². The lowest BCUT2D eigenvalue weighted by molar-refractivity contribution is 0.00573. The summed E-state index contributed by atoms with van der Waals surface area (Å²) in [5.41, 5.74) is 0. The van der Waals surface area contributed by atoms with Gasteiger partial charge in [0.15, 0.2) is 0 Å². The summed E-state index contributed by atoms with van der Waals surface area (Å²) in [6.07, 6.45) is 6.49. The maximum atomic E-state index is 5.81. The van der Waals surface area contributed by atoms with Crippen LogP contribution >= 0.6 is 27.3 Å². The predicted octanol–water partition coefficient (Wildman–Crippen LogP) is 3.60. The third kappa shape index (κ3) is 4.36. The second kappa shape index (κ2) is 6.88. The highest BCUT2D eigenvalue weighted by atomic mass is 79.9. The standard InChI is InChI=1S/C13H20BrNOS/c1-15-10(8-11-4-2-3-7-16-11)9-12-5-6-13(14)17-12/h5-6,10-11,15H,2-4,7-9H2,1H3. The Morgan fingerprint density at radius 1 is 1.53 bits per heavy atom. The highest BCUT2D eigenvalue weighted by molar-refractivity contribution is 9.11. The fourth-order valence-corrected chi connectivity index (χ4v) is 3.88. The molecule has 2 nitrogen and oxygen atoms in total. The highest BCUT2D eigenvalue weighted by Crippen LogP contribution is 2.25. The van der Waals surface area contributed by atoms with E-state index in [9.17, 15) is 0 Å². The zero-order chi connectivity index (χ0) is 12.1. The van der Waals surface area contributed by atoms with E-state index >= 15 is 0 Å². The Labute approximate surface area is 116 Å². The molecule has 1 fully saturated rings. The van der Waals surface area contributed by atoms with Gasteiger partial charge in [0, 0.05) is 17.5 Å². The van der Waals surface area contributed by atoms with Crippen LogP contribution in [0.3, 0.4) is 0 Å². The third-order valence-corrected chi connectivity index (χ3v) is 4.95. The molecule has 2 heterocycles. The summed E-state index contributed by atoms with van der Waals surface area (Å²) in [6.45, 7) is 0.950. The highest BCUT2D eigenvalue weighted by Gasteiger charge is 2.19. The molecule has 1 aliphatic heterocycles. The van der Waals surface area contributed by atoms with Crippen LogP contribution in [0.25, 0.3) is 0 Å². The number of rotatable bonds is 5. The van der Waals surface area contributed by atoms with Crippen LogP contribution in [-0.2, 0) is 11.2 Å². The van der Waals surface area contributed by atoms with E-state index in [4.69, 9.17) is 4.74 Å². The van der Waals surface area contributed by atoms with Crippen LogP contribution in [0, 0.1) is 0 Å². The Morgan fingerprint density at radius 3 is 3.00 bits per heavy atom. The van der Waals surface area contributed by atoms with Crippen LogP contribution in [0.4, 0.5) is 0 Å². The third-order valence-electron chi connectivity index (χ3n) is 3.31. The number of hydrogen-bond donors (Lipinski definition) is 1. The first kappa shape index (κ1) is 13.5. The molecule has 0 saturated carbocycles. The fraction of sp³-hybridized carbons (Fsp3) is 0.692. The largest absolute Gasteiger partial charge is 0.378 e. The molecule has 4 heteroatoms. The molecule has 0 aliphatic carbocycles. The van der Waals surface area contributed by atoms with Crippen molar-refractivity contribution in [3.63, 3.8) is 0 Å². The van der Waals surface area contributed by atoms with E-state index in [1.807, 2.05) is 11.3 Å². The van der Waals surface area contributed by atoms with Gasteiger partial charge in [-0.25, -0.2) is 0 Å². The van der Waals surface area contributed by atoms with Crippen LogP contribution in [0.5, 0.6) is 0 Å². The van der Waals surface area contributed by atoms with E-state index in [1.165, 1.54) is 27.9 Å². The number of nitrogens with one attached hydrogen (secondary N) is 1. The van der Waals surface area contributed by atoms with Crippen LogP contribution < -0.4 is 5.32 Å². The van der Waals surface area contributed by atoms with E-state index in [2.05, 4.69) is 40.4 Å². The van der Waals surface area contributed by atoms with Gasteiger partial charge in [-0.2, -0.15) is 0 Å². The van der Waals surface area contributed by atoms with Crippen molar-refractivity contribution in [3.05, 3.63) is 20.8 Å². The fourth-order valence-electron chi connectivity index (χ4n) is 2.32. The molecule has 1 N–H and O–H groups in total. The summed E-state index contributed by atoms with van der Waals surface area (Å²) in [5, 5.41) is 3.42. The van der Waals surface area contributed by atoms with Crippen molar-refractivity contribution in [2.24, 2.45) is 0 Å². The molecule has 2 rings (SSSR count). The average Bonchev–Trinajstić information content (AvgIpc) is 2.75.